The summed E-state index contributed by atoms with van der Waals surface area (Å²) in [6.07, 6.45) is 0. The van der Waals surface area contributed by atoms with E-state index in [2.05, 4.69) is 268 Å². The SMILES string of the molecule is CC1(C)c2ccccc2-c2ccc(N(c3ccc(-c4cccc([Si]5(c6ccccc6)c6ccccc6-c6ccccc65)c4)cc3)c3cccc(C4(C)c5ccccc5-c5ccccc54)c3)cc21. The van der Waals surface area contributed by atoms with Crippen LogP contribution in [0.25, 0.3) is 44.5 Å². The van der Waals surface area contributed by atoms with Gasteiger partial charge in [0.25, 0.3) is 0 Å². The van der Waals surface area contributed by atoms with E-state index in [4.69, 9.17) is 0 Å². The third-order valence-corrected chi connectivity index (χ3v) is 20.5. The van der Waals surface area contributed by atoms with Crippen LogP contribution in [0.15, 0.2) is 243 Å². The van der Waals surface area contributed by atoms with Gasteiger partial charge in [0.15, 0.2) is 8.07 Å². The quantitative estimate of drug-likeness (QED) is 0.144. The molecule has 0 fully saturated rings. The Hall–Kier alpha value is -7.78. The van der Waals surface area contributed by atoms with E-state index in [1.54, 1.807) is 0 Å². The Kier molecular flexibility index (Phi) is 8.78. The van der Waals surface area contributed by atoms with Crippen LogP contribution >= 0.6 is 0 Å². The molecule has 2 aliphatic carbocycles. The van der Waals surface area contributed by atoms with Crippen LogP contribution in [0.4, 0.5) is 17.1 Å². The number of benzene rings is 10. The molecule has 2 heteroatoms. The third-order valence-electron chi connectivity index (χ3n) is 15.6. The van der Waals surface area contributed by atoms with Crippen LogP contribution in [0.2, 0.25) is 0 Å². The van der Waals surface area contributed by atoms with E-state index in [9.17, 15) is 0 Å². The van der Waals surface area contributed by atoms with Crippen molar-refractivity contribution < 1.29 is 0 Å². The molecule has 10 aromatic carbocycles. The summed E-state index contributed by atoms with van der Waals surface area (Å²) in [6, 6.07) is 91.6. The number of hydrogen-bond acceptors (Lipinski definition) is 1. The van der Waals surface area contributed by atoms with Crippen molar-refractivity contribution in [2.45, 2.75) is 31.6 Å². The fourth-order valence-electron chi connectivity index (χ4n) is 12.4. The van der Waals surface area contributed by atoms with Gasteiger partial charge in [-0.1, -0.05) is 220 Å². The van der Waals surface area contributed by atoms with E-state index >= 15 is 0 Å². The third kappa shape index (κ3) is 5.66. The molecule has 0 aromatic heterocycles. The lowest BCUT2D eigenvalue weighted by Crippen LogP contribution is -2.72. The van der Waals surface area contributed by atoms with E-state index in [1.165, 1.54) is 93.1 Å². The molecule has 0 amide bonds. The largest absolute Gasteiger partial charge is 0.310 e. The van der Waals surface area contributed by atoms with Gasteiger partial charge in [-0.25, -0.2) is 0 Å². The monoisotopic (exact) mass is 871 g/mol. The lowest BCUT2D eigenvalue weighted by atomic mass is 9.74. The van der Waals surface area contributed by atoms with E-state index < -0.39 is 8.07 Å². The van der Waals surface area contributed by atoms with Gasteiger partial charge in [0, 0.05) is 27.9 Å². The van der Waals surface area contributed by atoms with Gasteiger partial charge in [-0.3, -0.25) is 0 Å². The average Bonchev–Trinajstić information content (AvgIpc) is 3.93. The minimum Gasteiger partial charge on any atom is -0.310 e. The molecule has 1 aliphatic heterocycles. The maximum Gasteiger partial charge on any atom is 0.180 e. The lowest BCUT2D eigenvalue weighted by Gasteiger charge is -2.32. The number of hydrogen-bond donors (Lipinski definition) is 0. The van der Waals surface area contributed by atoms with E-state index in [0.29, 0.717) is 0 Å². The Labute approximate surface area is 395 Å². The molecule has 0 bridgehead atoms. The Morgan fingerprint density at radius 2 is 0.806 bits per heavy atom. The summed E-state index contributed by atoms with van der Waals surface area (Å²) >= 11 is 0. The zero-order valence-corrected chi connectivity index (χ0v) is 39.0. The lowest BCUT2D eigenvalue weighted by molar-refractivity contribution is 0.660. The molecule has 10 aromatic rings. The van der Waals surface area contributed by atoms with Crippen LogP contribution in [0.3, 0.4) is 0 Å². The van der Waals surface area contributed by atoms with Crippen LogP contribution in [-0.2, 0) is 10.8 Å². The minimum absolute atomic E-state index is 0.129. The molecule has 67 heavy (non-hydrogen) atoms. The summed E-state index contributed by atoms with van der Waals surface area (Å²) in [4.78, 5) is 2.48. The molecule has 0 N–H and O–H groups in total. The highest BCUT2D eigenvalue weighted by Gasteiger charge is 2.48. The number of anilines is 3. The second kappa shape index (κ2) is 14.9. The van der Waals surface area contributed by atoms with Gasteiger partial charge in [-0.2, -0.15) is 0 Å². The molecular formula is C65H49NSi. The summed E-state index contributed by atoms with van der Waals surface area (Å²) in [5.74, 6) is 0. The van der Waals surface area contributed by atoms with Crippen molar-refractivity contribution in [2.24, 2.45) is 0 Å². The maximum absolute atomic E-state index is 2.63. The van der Waals surface area contributed by atoms with E-state index in [1.807, 2.05) is 0 Å². The maximum atomic E-state index is 2.49. The van der Waals surface area contributed by atoms with Crippen molar-refractivity contribution in [3.05, 3.63) is 270 Å². The highest BCUT2D eigenvalue weighted by atomic mass is 28.3. The van der Waals surface area contributed by atoms with Crippen LogP contribution in [0, 0.1) is 0 Å². The van der Waals surface area contributed by atoms with Crippen molar-refractivity contribution in [3.8, 4) is 44.5 Å². The topological polar surface area (TPSA) is 3.24 Å². The summed E-state index contributed by atoms with van der Waals surface area (Å²) in [5.41, 5.74) is 20.2. The van der Waals surface area contributed by atoms with Crippen LogP contribution in [0.1, 0.15) is 48.6 Å². The molecule has 1 nitrogen and oxygen atoms in total. The summed E-state index contributed by atoms with van der Waals surface area (Å²) < 4.78 is 0. The number of rotatable bonds is 7. The van der Waals surface area contributed by atoms with Gasteiger partial charge in [0.2, 0.25) is 0 Å². The summed E-state index contributed by atoms with van der Waals surface area (Å²) in [7, 11) is -2.63. The van der Waals surface area contributed by atoms with E-state index in [-0.39, 0.29) is 10.8 Å². The number of nitrogens with zero attached hydrogens (tertiary/aromatic N) is 1. The van der Waals surface area contributed by atoms with Crippen LogP contribution in [0.5, 0.6) is 0 Å². The molecule has 0 saturated carbocycles. The highest BCUT2D eigenvalue weighted by Crippen LogP contribution is 2.54. The van der Waals surface area contributed by atoms with Gasteiger partial charge in [-0.05, 0) is 136 Å². The molecule has 0 saturated heterocycles. The van der Waals surface area contributed by atoms with Crippen molar-refractivity contribution >= 4 is 45.9 Å². The van der Waals surface area contributed by atoms with Gasteiger partial charge in [0.1, 0.15) is 0 Å². The summed E-state index contributed by atoms with van der Waals surface area (Å²) in [6.45, 7) is 7.16. The van der Waals surface area contributed by atoms with Gasteiger partial charge >= 0.3 is 0 Å². The van der Waals surface area contributed by atoms with Crippen molar-refractivity contribution in [3.63, 3.8) is 0 Å². The first-order valence-electron chi connectivity index (χ1n) is 23.7. The Morgan fingerprint density at radius 3 is 1.46 bits per heavy atom. The molecule has 0 radical (unpaired) electrons. The first-order chi connectivity index (χ1) is 32.9. The molecule has 0 unspecified atom stereocenters. The Morgan fingerprint density at radius 1 is 0.313 bits per heavy atom. The molecule has 3 aliphatic rings. The highest BCUT2D eigenvalue weighted by molar-refractivity contribution is 7.22. The molecule has 1 heterocycles. The molecule has 13 rings (SSSR count). The normalized spacial score (nSPS) is 14.9. The molecule has 0 atom stereocenters. The van der Waals surface area contributed by atoms with Gasteiger partial charge < -0.3 is 4.90 Å². The van der Waals surface area contributed by atoms with Crippen LogP contribution in [-0.4, -0.2) is 8.07 Å². The summed E-state index contributed by atoms with van der Waals surface area (Å²) in [5, 5.41) is 5.75. The zero-order valence-electron chi connectivity index (χ0n) is 38.0. The molecular weight excluding hydrogens is 823 g/mol. The fraction of sp³-hybridized carbons (Fsp3) is 0.0769. The van der Waals surface area contributed by atoms with Gasteiger partial charge in [0.05, 0.1) is 0 Å². The molecule has 318 valence electrons. The second-order valence-corrected chi connectivity index (χ2v) is 23.1. The average molecular weight is 872 g/mol. The van der Waals surface area contributed by atoms with Crippen molar-refractivity contribution in [1.82, 2.24) is 0 Å². The standard InChI is InChI=1S/C65H49NSi/c1-64(2)58-30-12-7-25-52(58)55-40-39-49(43-61(55)64)66(48-21-18-20-46(42-48)65(3)59-31-13-8-26-53(59)54-27-9-14-32-60(54)65)47-37-35-44(36-38-47)45-19-17-24-51(41-45)67(50-22-5-4-6-23-50)62-33-15-10-28-56(62)57-29-11-16-34-63(57)67/h4-43H,1-3H3. The number of fused-ring (bicyclic) bond motifs is 9. The van der Waals surface area contributed by atoms with Crippen molar-refractivity contribution in [2.75, 3.05) is 4.90 Å². The van der Waals surface area contributed by atoms with E-state index in [0.717, 1.165) is 17.1 Å². The van der Waals surface area contributed by atoms with Crippen molar-refractivity contribution in [1.29, 1.82) is 0 Å². The Bertz CT molecular complexity index is 3490. The minimum atomic E-state index is -2.63. The first-order valence-corrected chi connectivity index (χ1v) is 25.7. The predicted molar refractivity (Wildman–Crippen MR) is 284 cm³/mol. The Balaban J connectivity index is 0.953. The second-order valence-electron chi connectivity index (χ2n) is 19.3. The first kappa shape index (κ1) is 39.6. The predicted octanol–water partition coefficient (Wildman–Crippen LogP) is 13.8. The van der Waals surface area contributed by atoms with Gasteiger partial charge in [-0.15, -0.1) is 0 Å². The smallest absolute Gasteiger partial charge is 0.180 e. The zero-order chi connectivity index (χ0) is 44.9. The molecule has 0 spiro atoms. The fourth-order valence-corrected chi connectivity index (χ4v) is 17.7. The van der Waals surface area contributed by atoms with Crippen LogP contribution < -0.4 is 25.6 Å².